The summed E-state index contributed by atoms with van der Waals surface area (Å²) < 4.78 is 7.05. The van der Waals surface area contributed by atoms with E-state index in [-0.39, 0.29) is 0 Å². The molecule has 2 atom stereocenters. The van der Waals surface area contributed by atoms with E-state index < -0.39 is 0 Å². The highest BCUT2D eigenvalue weighted by Crippen LogP contribution is 2.23. The van der Waals surface area contributed by atoms with Gasteiger partial charge in [0.1, 0.15) is 0 Å². The minimum absolute atomic E-state index is 0.464. The molecule has 2 nitrogen and oxygen atoms in total. The van der Waals surface area contributed by atoms with Gasteiger partial charge in [0.25, 0.3) is 0 Å². The molecule has 1 aliphatic rings. The molecule has 1 aromatic rings. The highest BCUT2D eigenvalue weighted by atomic mass is 79.9. The van der Waals surface area contributed by atoms with Crippen LogP contribution in [-0.4, -0.2) is 25.3 Å². The summed E-state index contributed by atoms with van der Waals surface area (Å²) in [6.45, 7) is 4.16. The second kappa shape index (κ2) is 7.63. The lowest BCUT2D eigenvalue weighted by Crippen LogP contribution is -2.36. The van der Waals surface area contributed by atoms with Crippen LogP contribution >= 0.6 is 27.3 Å². The van der Waals surface area contributed by atoms with Crippen molar-refractivity contribution in [2.75, 3.05) is 13.2 Å². The molecule has 2 rings (SSSR count). The number of ether oxygens (including phenoxy) is 1. The molecule has 102 valence electrons. The van der Waals surface area contributed by atoms with Crippen LogP contribution in [0, 0.1) is 0 Å². The molecular formula is C14H22BrNOS. The van der Waals surface area contributed by atoms with E-state index in [1.54, 1.807) is 0 Å². The van der Waals surface area contributed by atoms with Crippen LogP contribution < -0.4 is 5.32 Å². The maximum absolute atomic E-state index is 5.85. The number of halogens is 1. The smallest absolute Gasteiger partial charge is 0.0590 e. The van der Waals surface area contributed by atoms with Gasteiger partial charge in [-0.15, -0.1) is 11.3 Å². The SMILES string of the molecule is CCNC(Cc1cc(Br)cs1)CC1CCCCO1. The predicted octanol–water partition coefficient (Wildman–Crippen LogP) is 3.99. The van der Waals surface area contributed by atoms with Crippen molar-refractivity contribution in [2.24, 2.45) is 0 Å². The fourth-order valence-electron chi connectivity index (χ4n) is 2.54. The lowest BCUT2D eigenvalue weighted by molar-refractivity contribution is 0.00539. The van der Waals surface area contributed by atoms with Crippen molar-refractivity contribution in [3.8, 4) is 0 Å². The average molecular weight is 332 g/mol. The summed E-state index contributed by atoms with van der Waals surface area (Å²) in [5.74, 6) is 0. The maximum atomic E-state index is 5.85. The Hall–Kier alpha value is 0.1000. The van der Waals surface area contributed by atoms with Gasteiger partial charge in [0.15, 0.2) is 0 Å². The minimum atomic E-state index is 0.464. The molecule has 0 amide bonds. The largest absolute Gasteiger partial charge is 0.378 e. The molecule has 1 aliphatic heterocycles. The first-order chi connectivity index (χ1) is 8.78. The predicted molar refractivity (Wildman–Crippen MR) is 81.4 cm³/mol. The van der Waals surface area contributed by atoms with Gasteiger partial charge >= 0.3 is 0 Å². The van der Waals surface area contributed by atoms with E-state index >= 15 is 0 Å². The fourth-order valence-corrected chi connectivity index (χ4v) is 4.07. The Labute approximate surface area is 122 Å². The van der Waals surface area contributed by atoms with Crippen molar-refractivity contribution >= 4 is 27.3 Å². The van der Waals surface area contributed by atoms with E-state index in [0.717, 1.165) is 26.0 Å². The quantitative estimate of drug-likeness (QED) is 0.850. The van der Waals surface area contributed by atoms with Crippen LogP contribution in [0.5, 0.6) is 0 Å². The van der Waals surface area contributed by atoms with E-state index in [4.69, 9.17) is 4.74 Å². The molecule has 1 N–H and O–H groups in total. The van der Waals surface area contributed by atoms with E-state index in [2.05, 4.69) is 39.6 Å². The van der Waals surface area contributed by atoms with Crippen LogP contribution in [0.4, 0.5) is 0 Å². The van der Waals surface area contributed by atoms with Gasteiger partial charge in [0.05, 0.1) is 6.10 Å². The van der Waals surface area contributed by atoms with Crippen molar-refractivity contribution < 1.29 is 4.74 Å². The molecule has 1 aromatic heterocycles. The van der Waals surface area contributed by atoms with E-state index in [1.165, 1.54) is 28.6 Å². The molecule has 2 unspecified atom stereocenters. The first kappa shape index (κ1) is 14.5. The molecule has 4 heteroatoms. The van der Waals surface area contributed by atoms with Crippen molar-refractivity contribution in [1.82, 2.24) is 5.32 Å². The van der Waals surface area contributed by atoms with Gasteiger partial charge in [-0.3, -0.25) is 0 Å². The van der Waals surface area contributed by atoms with Crippen molar-refractivity contribution in [1.29, 1.82) is 0 Å². The highest BCUT2D eigenvalue weighted by molar-refractivity contribution is 9.10. The summed E-state index contributed by atoms with van der Waals surface area (Å²) in [7, 11) is 0. The van der Waals surface area contributed by atoms with Crippen LogP contribution in [0.1, 0.15) is 37.5 Å². The van der Waals surface area contributed by atoms with E-state index in [0.29, 0.717) is 12.1 Å². The van der Waals surface area contributed by atoms with Crippen LogP contribution in [0.2, 0.25) is 0 Å². The summed E-state index contributed by atoms with van der Waals surface area (Å²) in [6.07, 6.45) is 6.52. The molecule has 1 saturated heterocycles. The lowest BCUT2D eigenvalue weighted by Gasteiger charge is -2.27. The lowest BCUT2D eigenvalue weighted by atomic mass is 9.99. The van der Waals surface area contributed by atoms with Gasteiger partial charge in [-0.25, -0.2) is 0 Å². The summed E-state index contributed by atoms with van der Waals surface area (Å²) in [4.78, 5) is 1.45. The summed E-state index contributed by atoms with van der Waals surface area (Å²) >= 11 is 5.36. The van der Waals surface area contributed by atoms with Gasteiger partial charge in [0, 0.05) is 27.4 Å². The van der Waals surface area contributed by atoms with Gasteiger partial charge in [-0.1, -0.05) is 6.92 Å². The zero-order valence-electron chi connectivity index (χ0n) is 11.0. The van der Waals surface area contributed by atoms with Gasteiger partial charge in [0.2, 0.25) is 0 Å². The van der Waals surface area contributed by atoms with Gasteiger partial charge < -0.3 is 10.1 Å². The molecule has 0 aromatic carbocycles. The zero-order valence-corrected chi connectivity index (χ0v) is 13.4. The third kappa shape index (κ3) is 4.65. The monoisotopic (exact) mass is 331 g/mol. The maximum Gasteiger partial charge on any atom is 0.0590 e. The van der Waals surface area contributed by atoms with Crippen molar-refractivity contribution in [3.63, 3.8) is 0 Å². The van der Waals surface area contributed by atoms with Gasteiger partial charge in [-0.05, 0) is 60.6 Å². The molecule has 1 fully saturated rings. The second-order valence-corrected chi connectivity index (χ2v) is 6.83. The van der Waals surface area contributed by atoms with E-state index in [1.807, 2.05) is 11.3 Å². The summed E-state index contributed by atoms with van der Waals surface area (Å²) in [5.41, 5.74) is 0. The number of nitrogens with one attached hydrogen (secondary N) is 1. The Kier molecular flexibility index (Phi) is 6.15. The zero-order chi connectivity index (χ0) is 12.8. The number of hydrogen-bond acceptors (Lipinski definition) is 3. The normalized spacial score (nSPS) is 22.0. The Morgan fingerprint density at radius 1 is 1.56 bits per heavy atom. The molecule has 0 spiro atoms. The van der Waals surface area contributed by atoms with Crippen LogP contribution in [-0.2, 0) is 11.2 Å². The molecule has 0 radical (unpaired) electrons. The van der Waals surface area contributed by atoms with Crippen LogP contribution in [0.3, 0.4) is 0 Å². The first-order valence-corrected chi connectivity index (χ1v) is 8.53. The average Bonchev–Trinajstić information content (AvgIpc) is 2.76. The summed E-state index contributed by atoms with van der Waals surface area (Å²) in [5, 5.41) is 5.76. The summed E-state index contributed by atoms with van der Waals surface area (Å²) in [6, 6.07) is 2.78. The molecule has 0 saturated carbocycles. The molecule has 2 heterocycles. The Morgan fingerprint density at radius 2 is 2.44 bits per heavy atom. The Bertz CT molecular complexity index is 349. The third-order valence-electron chi connectivity index (χ3n) is 3.38. The van der Waals surface area contributed by atoms with Crippen LogP contribution in [0.15, 0.2) is 15.9 Å². The molecule has 0 aliphatic carbocycles. The number of likely N-dealkylation sites (N-methyl/N-ethyl adjacent to an activating group) is 1. The second-order valence-electron chi connectivity index (χ2n) is 4.91. The minimum Gasteiger partial charge on any atom is -0.378 e. The molecule has 0 bridgehead atoms. The topological polar surface area (TPSA) is 21.3 Å². The van der Waals surface area contributed by atoms with Gasteiger partial charge in [-0.2, -0.15) is 0 Å². The fraction of sp³-hybridized carbons (Fsp3) is 0.714. The van der Waals surface area contributed by atoms with Crippen LogP contribution in [0.25, 0.3) is 0 Å². The number of rotatable bonds is 6. The number of thiophene rings is 1. The first-order valence-electron chi connectivity index (χ1n) is 6.86. The molecule has 18 heavy (non-hydrogen) atoms. The van der Waals surface area contributed by atoms with Crippen molar-refractivity contribution in [2.45, 2.75) is 51.2 Å². The molecular weight excluding hydrogens is 310 g/mol. The number of hydrogen-bond donors (Lipinski definition) is 1. The van der Waals surface area contributed by atoms with Crippen molar-refractivity contribution in [3.05, 3.63) is 20.8 Å². The van der Waals surface area contributed by atoms with E-state index in [9.17, 15) is 0 Å². The standard InChI is InChI=1S/C14H22BrNOS/c1-2-16-12(8-13-5-3-4-6-17-13)9-14-7-11(15)10-18-14/h7,10,12-13,16H,2-6,8-9H2,1H3. The third-order valence-corrected chi connectivity index (χ3v) is 5.10. The highest BCUT2D eigenvalue weighted by Gasteiger charge is 2.19. The Balaban J connectivity index is 1.86. The Morgan fingerprint density at radius 3 is 3.06 bits per heavy atom.